The van der Waals surface area contributed by atoms with Crippen LogP contribution >= 0.6 is 0 Å². The van der Waals surface area contributed by atoms with E-state index in [9.17, 15) is 13.2 Å². The Hall–Kier alpha value is -1.99. The van der Waals surface area contributed by atoms with Gasteiger partial charge in [0, 0.05) is 24.5 Å². The van der Waals surface area contributed by atoms with Crippen molar-refractivity contribution < 1.29 is 13.2 Å². The van der Waals surface area contributed by atoms with Crippen molar-refractivity contribution in [3.63, 3.8) is 0 Å². The zero-order chi connectivity index (χ0) is 17.2. The van der Waals surface area contributed by atoms with Crippen LogP contribution < -0.4 is 5.32 Å². The molecular weight excluding hydrogens is 326 g/mol. The fourth-order valence-corrected chi connectivity index (χ4v) is 4.05. The minimum atomic E-state index is -3.14. The van der Waals surface area contributed by atoms with Gasteiger partial charge in [-0.05, 0) is 31.9 Å². The second-order valence-corrected chi connectivity index (χ2v) is 8.19. The number of hydrogen-bond donors (Lipinski definition) is 1. The third kappa shape index (κ3) is 3.57. The number of para-hydroxylation sites is 1. The number of amides is 1. The largest absolute Gasteiger partial charge is 0.348 e. The summed E-state index contributed by atoms with van der Waals surface area (Å²) in [5.74, 6) is -0.0945. The van der Waals surface area contributed by atoms with Crippen LogP contribution in [-0.4, -0.2) is 48.5 Å². The molecule has 0 aliphatic carbocycles. The topological polar surface area (TPSA) is 79.4 Å². The molecule has 1 aromatic heterocycles. The molecule has 2 aromatic rings. The van der Waals surface area contributed by atoms with Gasteiger partial charge in [0.15, 0.2) is 0 Å². The smallest absolute Gasteiger partial charge is 0.270 e. The van der Waals surface area contributed by atoms with Crippen LogP contribution in [0.25, 0.3) is 10.9 Å². The minimum Gasteiger partial charge on any atom is -0.348 e. The molecule has 1 aliphatic rings. The summed E-state index contributed by atoms with van der Waals surface area (Å²) in [5, 5.41) is 3.96. The summed E-state index contributed by atoms with van der Waals surface area (Å²) in [6.07, 6.45) is 1.25. The Balaban J connectivity index is 1.63. The molecule has 0 saturated carbocycles. The van der Waals surface area contributed by atoms with Gasteiger partial charge in [0.2, 0.25) is 10.0 Å². The highest BCUT2D eigenvalue weighted by atomic mass is 32.2. The molecule has 0 atom stereocenters. The average Bonchev–Trinajstić information content (AvgIpc) is 2.61. The normalized spacial score (nSPS) is 17.0. The van der Waals surface area contributed by atoms with Gasteiger partial charge in [-0.1, -0.05) is 24.3 Å². The highest BCUT2D eigenvalue weighted by molar-refractivity contribution is 7.89. The van der Waals surface area contributed by atoms with E-state index >= 15 is 0 Å². The van der Waals surface area contributed by atoms with Gasteiger partial charge in [0.05, 0.1) is 11.3 Å². The minimum absolute atomic E-state index is 0.0194. The van der Waals surface area contributed by atoms with E-state index in [1.807, 2.05) is 30.3 Å². The number of hydrogen-bond acceptors (Lipinski definition) is 4. The van der Waals surface area contributed by atoms with Crippen LogP contribution in [0.1, 0.15) is 30.3 Å². The first-order valence-electron chi connectivity index (χ1n) is 8.14. The third-order valence-electron chi connectivity index (χ3n) is 4.38. The number of sulfonamides is 1. The molecule has 0 bridgehead atoms. The number of nitrogens with zero attached hydrogens (tertiary/aromatic N) is 2. The van der Waals surface area contributed by atoms with E-state index in [4.69, 9.17) is 0 Å². The molecule has 6 nitrogen and oxygen atoms in total. The van der Waals surface area contributed by atoms with Crippen LogP contribution in [0.5, 0.6) is 0 Å². The van der Waals surface area contributed by atoms with Crippen molar-refractivity contribution in [2.24, 2.45) is 0 Å². The summed E-state index contributed by atoms with van der Waals surface area (Å²) in [6.45, 7) is 2.55. The molecule has 1 aliphatic heterocycles. The van der Waals surface area contributed by atoms with E-state index in [2.05, 4.69) is 10.3 Å². The summed E-state index contributed by atoms with van der Waals surface area (Å²) in [4.78, 5) is 16.8. The lowest BCUT2D eigenvalue weighted by molar-refractivity contribution is 0.0919. The van der Waals surface area contributed by atoms with Crippen LogP contribution in [0.3, 0.4) is 0 Å². The monoisotopic (exact) mass is 347 g/mol. The van der Waals surface area contributed by atoms with Crippen LogP contribution in [0, 0.1) is 0 Å². The lowest BCUT2D eigenvalue weighted by Gasteiger charge is -2.31. The number of rotatable bonds is 4. The molecule has 1 fully saturated rings. The van der Waals surface area contributed by atoms with Gasteiger partial charge in [-0.2, -0.15) is 0 Å². The molecule has 0 radical (unpaired) electrons. The van der Waals surface area contributed by atoms with Gasteiger partial charge in [0.25, 0.3) is 5.91 Å². The summed E-state index contributed by atoms with van der Waals surface area (Å²) in [7, 11) is -3.14. The van der Waals surface area contributed by atoms with Crippen molar-refractivity contribution in [2.75, 3.05) is 18.8 Å². The van der Waals surface area contributed by atoms with Gasteiger partial charge in [-0.15, -0.1) is 0 Å². The number of piperidine rings is 1. The summed E-state index contributed by atoms with van der Waals surface area (Å²) >= 11 is 0. The van der Waals surface area contributed by atoms with Crippen molar-refractivity contribution in [3.8, 4) is 0 Å². The first-order chi connectivity index (χ1) is 11.5. The van der Waals surface area contributed by atoms with Crippen LogP contribution in [-0.2, 0) is 10.0 Å². The lowest BCUT2D eigenvalue weighted by atomic mass is 10.1. The van der Waals surface area contributed by atoms with E-state index < -0.39 is 10.0 Å². The molecule has 0 spiro atoms. The summed E-state index contributed by atoms with van der Waals surface area (Å²) < 4.78 is 25.2. The average molecular weight is 347 g/mol. The Bertz CT molecular complexity index is 843. The van der Waals surface area contributed by atoms with E-state index in [1.54, 1.807) is 13.0 Å². The third-order valence-corrected chi connectivity index (χ3v) is 6.26. The van der Waals surface area contributed by atoms with Gasteiger partial charge in [0.1, 0.15) is 5.69 Å². The molecule has 2 heterocycles. The molecule has 24 heavy (non-hydrogen) atoms. The molecule has 3 rings (SSSR count). The maximum atomic E-state index is 12.4. The fraction of sp³-hybridized carbons (Fsp3) is 0.412. The Morgan fingerprint density at radius 1 is 1.21 bits per heavy atom. The van der Waals surface area contributed by atoms with Gasteiger partial charge >= 0.3 is 0 Å². The van der Waals surface area contributed by atoms with Crippen molar-refractivity contribution in [2.45, 2.75) is 25.8 Å². The molecule has 0 unspecified atom stereocenters. The standard InChI is InChI=1S/C17H21N3O3S/c1-2-24(22,23)20-11-9-14(10-12-20)18-17(21)16-8-7-13-5-3-4-6-15(13)19-16/h3-8,14H,2,9-12H2,1H3,(H,18,21). The van der Waals surface area contributed by atoms with Crippen molar-refractivity contribution in [1.82, 2.24) is 14.6 Å². The maximum Gasteiger partial charge on any atom is 0.270 e. The van der Waals surface area contributed by atoms with Crippen LogP contribution in [0.4, 0.5) is 0 Å². The Morgan fingerprint density at radius 3 is 2.62 bits per heavy atom. The van der Waals surface area contributed by atoms with Gasteiger partial charge < -0.3 is 5.32 Å². The first-order valence-corrected chi connectivity index (χ1v) is 9.75. The van der Waals surface area contributed by atoms with E-state index in [0.717, 1.165) is 10.9 Å². The molecular formula is C17H21N3O3S. The highest BCUT2D eigenvalue weighted by Gasteiger charge is 2.27. The second kappa shape index (κ2) is 6.86. The number of nitrogens with one attached hydrogen (secondary N) is 1. The molecule has 1 aromatic carbocycles. The molecule has 1 amide bonds. The first kappa shape index (κ1) is 16.9. The van der Waals surface area contributed by atoms with Crippen molar-refractivity contribution >= 4 is 26.8 Å². The van der Waals surface area contributed by atoms with Crippen LogP contribution in [0.2, 0.25) is 0 Å². The quantitative estimate of drug-likeness (QED) is 0.914. The summed E-state index contributed by atoms with van der Waals surface area (Å²) in [6, 6.07) is 11.2. The Morgan fingerprint density at radius 2 is 1.92 bits per heavy atom. The number of benzene rings is 1. The van der Waals surface area contributed by atoms with E-state index in [1.165, 1.54) is 4.31 Å². The second-order valence-electron chi connectivity index (χ2n) is 5.94. The van der Waals surface area contributed by atoms with Crippen molar-refractivity contribution in [1.29, 1.82) is 0 Å². The van der Waals surface area contributed by atoms with E-state index in [-0.39, 0.29) is 17.7 Å². The predicted molar refractivity (Wildman–Crippen MR) is 93.3 cm³/mol. The Kier molecular flexibility index (Phi) is 4.82. The number of carbonyl (C=O) groups is 1. The maximum absolute atomic E-state index is 12.4. The zero-order valence-corrected chi connectivity index (χ0v) is 14.4. The SMILES string of the molecule is CCS(=O)(=O)N1CCC(NC(=O)c2ccc3ccccc3n2)CC1. The van der Waals surface area contributed by atoms with E-state index in [0.29, 0.717) is 31.6 Å². The Labute approximate surface area is 141 Å². The zero-order valence-electron chi connectivity index (χ0n) is 13.6. The molecule has 7 heteroatoms. The molecule has 1 N–H and O–H groups in total. The van der Waals surface area contributed by atoms with Crippen LogP contribution in [0.15, 0.2) is 36.4 Å². The predicted octanol–water partition coefficient (Wildman–Crippen LogP) is 1.78. The summed E-state index contributed by atoms with van der Waals surface area (Å²) in [5.41, 5.74) is 1.17. The lowest BCUT2D eigenvalue weighted by Crippen LogP contribution is -2.47. The van der Waals surface area contributed by atoms with Gasteiger partial charge in [-0.3, -0.25) is 4.79 Å². The van der Waals surface area contributed by atoms with Crippen molar-refractivity contribution in [3.05, 3.63) is 42.1 Å². The molecule has 1 saturated heterocycles. The highest BCUT2D eigenvalue weighted by Crippen LogP contribution is 2.16. The number of aromatic nitrogens is 1. The molecule has 128 valence electrons. The number of carbonyl (C=O) groups excluding carboxylic acids is 1. The number of pyridine rings is 1. The van der Waals surface area contributed by atoms with Gasteiger partial charge in [-0.25, -0.2) is 17.7 Å². The number of fused-ring (bicyclic) bond motifs is 1. The fourth-order valence-electron chi connectivity index (χ4n) is 2.91.